The molecular formula is C2H4OSr. The summed E-state index contributed by atoms with van der Waals surface area (Å²) in [6.45, 7) is 2.81. The van der Waals surface area contributed by atoms with Gasteiger partial charge in [0.2, 0.25) is 0 Å². The van der Waals surface area contributed by atoms with Crippen LogP contribution >= 0.6 is 0 Å². The third-order valence-corrected chi connectivity index (χ3v) is 0. The van der Waals surface area contributed by atoms with Gasteiger partial charge in [0, 0.05) is 0 Å². The van der Waals surface area contributed by atoms with Gasteiger partial charge in [-0.15, -0.1) is 0 Å². The quantitative estimate of drug-likeness (QED) is 0.252. The Balaban J connectivity index is -0.0000000200. The van der Waals surface area contributed by atoms with Gasteiger partial charge in [0.1, 0.15) is 0 Å². The minimum atomic E-state index is 0. The Hall–Kier alpha value is 1.02. The van der Waals surface area contributed by atoms with Crippen molar-refractivity contribution < 1.29 is 6.22 Å². The molecule has 0 aliphatic heterocycles. The molecule has 0 bridgehead atoms. The van der Waals surface area contributed by atoms with Crippen molar-refractivity contribution >= 4 is 51.8 Å². The van der Waals surface area contributed by atoms with E-state index in [4.69, 9.17) is 4.79 Å². The first kappa shape index (κ1) is 8.90. The van der Waals surface area contributed by atoms with E-state index in [0.29, 0.717) is 6.29 Å². The first-order valence-corrected chi connectivity index (χ1v) is 0.644. The molecule has 0 aromatic heterocycles. The molecule has 0 aliphatic rings. The van der Waals surface area contributed by atoms with E-state index < -0.39 is 0 Å². The molecule has 0 spiro atoms. The van der Waals surface area contributed by atoms with Gasteiger partial charge in [-0.1, -0.05) is 0 Å². The molecule has 0 amide bonds. The molecule has 0 unspecified atom stereocenters. The summed E-state index contributed by atoms with van der Waals surface area (Å²) in [5.74, 6) is 0. The second-order valence-electron chi connectivity index (χ2n) is 0.167. The maximum absolute atomic E-state index is 8.69. The van der Waals surface area contributed by atoms with Crippen LogP contribution in [0.3, 0.4) is 0 Å². The van der Waals surface area contributed by atoms with Crippen molar-refractivity contribution in [3.8, 4) is 0 Å². The van der Waals surface area contributed by atoms with Crippen molar-refractivity contribution in [1.82, 2.24) is 0 Å². The largest absolute Gasteiger partial charge is 2.00 e. The molecule has 0 heterocycles. The molecule has 0 radical (unpaired) electrons. The second kappa shape index (κ2) is 8.99. The van der Waals surface area contributed by atoms with E-state index in [2.05, 4.69) is 6.92 Å². The number of carbonyl (C=O) groups excluding carboxylic acids is 1. The standard InChI is InChI=1S/C2H3O.Sr.H/c1-2-3;;/h2H,1H2;;/q-1;+2;-1. The fraction of sp³-hybridized carbons (Fsp3) is 0. The molecule has 20 valence electrons. The normalized spacial score (nSPS) is 3.00. The zero-order valence-corrected chi connectivity index (χ0v) is 5.88. The predicted octanol–water partition coefficient (Wildman–Crippen LogP) is -0.249. The van der Waals surface area contributed by atoms with E-state index in [1.54, 1.807) is 0 Å². The summed E-state index contributed by atoms with van der Waals surface area (Å²) in [4.78, 5) is 8.69. The van der Waals surface area contributed by atoms with E-state index >= 15 is 0 Å². The number of hydrogen-bond donors (Lipinski definition) is 0. The van der Waals surface area contributed by atoms with Crippen LogP contribution in [-0.4, -0.2) is 51.8 Å². The minimum Gasteiger partial charge on any atom is -1.00 e. The van der Waals surface area contributed by atoms with Gasteiger partial charge < -0.3 is 13.1 Å². The first-order chi connectivity index (χ1) is 1.41. The predicted molar refractivity (Wildman–Crippen MR) is 18.3 cm³/mol. The molecule has 1 nitrogen and oxygen atoms in total. The molecule has 0 aliphatic carbocycles. The average molecular weight is 132 g/mol. The number of aldehydes is 1. The third kappa shape index (κ3) is 11.8. The van der Waals surface area contributed by atoms with Gasteiger partial charge in [-0.25, -0.2) is 0 Å². The summed E-state index contributed by atoms with van der Waals surface area (Å²) < 4.78 is 0. The van der Waals surface area contributed by atoms with Crippen molar-refractivity contribution in [3.63, 3.8) is 0 Å². The van der Waals surface area contributed by atoms with Crippen LogP contribution in [0.25, 0.3) is 0 Å². The Morgan fingerprint density at radius 3 is 2.00 bits per heavy atom. The number of rotatable bonds is 0. The van der Waals surface area contributed by atoms with Gasteiger partial charge >= 0.3 is 45.5 Å². The van der Waals surface area contributed by atoms with Crippen LogP contribution in [0.15, 0.2) is 0 Å². The summed E-state index contributed by atoms with van der Waals surface area (Å²) in [7, 11) is 0. The van der Waals surface area contributed by atoms with Crippen LogP contribution in [-0.2, 0) is 4.79 Å². The molecule has 0 saturated heterocycles. The molecule has 0 aromatic carbocycles. The van der Waals surface area contributed by atoms with Crippen molar-refractivity contribution in [2.45, 2.75) is 0 Å². The van der Waals surface area contributed by atoms with Gasteiger partial charge in [0.15, 0.2) is 0 Å². The van der Waals surface area contributed by atoms with Gasteiger partial charge in [0.05, 0.1) is 0 Å². The maximum Gasteiger partial charge on any atom is 2.00 e. The monoisotopic (exact) mass is 132 g/mol. The fourth-order valence-corrected chi connectivity index (χ4v) is 0. The van der Waals surface area contributed by atoms with Gasteiger partial charge in [-0.2, -0.15) is 0 Å². The zero-order valence-electron chi connectivity index (χ0n) is 3.40. The smallest absolute Gasteiger partial charge is 1.00 e. The summed E-state index contributed by atoms with van der Waals surface area (Å²) in [6, 6.07) is 0. The van der Waals surface area contributed by atoms with Crippen LogP contribution in [0.5, 0.6) is 0 Å². The summed E-state index contributed by atoms with van der Waals surface area (Å²) in [5, 5.41) is 0. The molecule has 0 rings (SSSR count). The Kier molecular flexibility index (Phi) is 20.0. The Morgan fingerprint density at radius 1 is 2.00 bits per heavy atom. The van der Waals surface area contributed by atoms with Crippen LogP contribution in [0.2, 0.25) is 0 Å². The SMILES string of the molecule is [CH2-]C=O.[H-].[Sr+2]. The number of hydrogen-bond acceptors (Lipinski definition) is 1. The van der Waals surface area contributed by atoms with E-state index in [9.17, 15) is 0 Å². The molecule has 0 N–H and O–H groups in total. The Morgan fingerprint density at radius 2 is 2.00 bits per heavy atom. The van der Waals surface area contributed by atoms with Crippen molar-refractivity contribution in [2.75, 3.05) is 0 Å². The van der Waals surface area contributed by atoms with Crippen LogP contribution < -0.4 is 0 Å². The molecule has 0 saturated carbocycles. The van der Waals surface area contributed by atoms with E-state index in [1.807, 2.05) is 0 Å². The van der Waals surface area contributed by atoms with Gasteiger partial charge in [-0.05, 0) is 6.29 Å². The van der Waals surface area contributed by atoms with Gasteiger partial charge in [0.25, 0.3) is 0 Å². The van der Waals surface area contributed by atoms with Crippen LogP contribution in [0, 0.1) is 6.92 Å². The fourth-order valence-electron chi connectivity index (χ4n) is 0. The van der Waals surface area contributed by atoms with Gasteiger partial charge in [-0.3, -0.25) is 0 Å². The first-order valence-electron chi connectivity index (χ1n) is 0.644. The van der Waals surface area contributed by atoms with Crippen molar-refractivity contribution in [2.24, 2.45) is 0 Å². The molecule has 0 atom stereocenters. The topological polar surface area (TPSA) is 17.1 Å². The van der Waals surface area contributed by atoms with E-state index in [-0.39, 0.29) is 46.9 Å². The average Bonchev–Trinajstić information content (AvgIpc) is 0.918. The second-order valence-corrected chi connectivity index (χ2v) is 0.167. The van der Waals surface area contributed by atoms with E-state index in [0.717, 1.165) is 0 Å². The summed E-state index contributed by atoms with van der Waals surface area (Å²) in [5.41, 5.74) is 0. The molecule has 0 aromatic rings. The van der Waals surface area contributed by atoms with Crippen LogP contribution in [0.4, 0.5) is 0 Å². The minimum absolute atomic E-state index is 0. The zero-order chi connectivity index (χ0) is 2.71. The van der Waals surface area contributed by atoms with Crippen molar-refractivity contribution in [3.05, 3.63) is 6.92 Å². The third-order valence-electron chi connectivity index (χ3n) is 0. The van der Waals surface area contributed by atoms with Crippen molar-refractivity contribution in [1.29, 1.82) is 0 Å². The maximum atomic E-state index is 8.69. The van der Waals surface area contributed by atoms with E-state index in [1.165, 1.54) is 0 Å². The van der Waals surface area contributed by atoms with Crippen LogP contribution in [0.1, 0.15) is 1.43 Å². The number of carbonyl (C=O) groups is 1. The molecule has 2 heteroatoms. The molecular weight excluding hydrogens is 128 g/mol. The Bertz CT molecular complexity index is 17.1. The molecule has 4 heavy (non-hydrogen) atoms. The summed E-state index contributed by atoms with van der Waals surface area (Å²) in [6.07, 6.45) is 0.500. The molecule has 0 fully saturated rings. The Labute approximate surface area is 64.1 Å². The summed E-state index contributed by atoms with van der Waals surface area (Å²) >= 11 is 0.